The van der Waals surface area contributed by atoms with Crippen LogP contribution >= 0.6 is 0 Å². The molecule has 1 N–H and O–H groups in total. The number of aliphatic hydroxyl groups is 1. The summed E-state index contributed by atoms with van der Waals surface area (Å²) < 4.78 is 0. The highest BCUT2D eigenvalue weighted by atomic mass is 16.3. The van der Waals surface area contributed by atoms with E-state index in [1.165, 1.54) is 42.3 Å². The second-order valence-electron chi connectivity index (χ2n) is 9.14. The molecule has 4 rings (SSSR count). The first kappa shape index (κ1) is 20.8. The summed E-state index contributed by atoms with van der Waals surface area (Å²) in [5, 5.41) is 12.4. The Balaban J connectivity index is 1.41. The van der Waals surface area contributed by atoms with Crippen LogP contribution in [0, 0.1) is 0 Å². The lowest BCUT2D eigenvalue weighted by molar-refractivity contribution is 0.0000751. The topological polar surface area (TPSA) is 30.0 Å². The molecule has 0 aromatic heterocycles. The molecule has 4 nitrogen and oxygen atoms in total. The largest absolute Gasteiger partial charge is 0.396 e. The van der Waals surface area contributed by atoms with Gasteiger partial charge in [-0.15, -0.1) is 0 Å². The zero-order chi connectivity index (χ0) is 20.2. The van der Waals surface area contributed by atoms with E-state index in [0.717, 1.165) is 32.6 Å². The SMILES string of the molecule is CC(C)N1CCC(N2CCN(Cc3cccc4ccccc34)C[C@H]2CCO)CC1. The molecular formula is C25H37N3O. The first-order valence-electron chi connectivity index (χ1n) is 11.5. The maximum atomic E-state index is 9.71. The summed E-state index contributed by atoms with van der Waals surface area (Å²) in [6, 6.07) is 17.2. The average molecular weight is 396 g/mol. The van der Waals surface area contributed by atoms with Crippen LogP contribution in [0.4, 0.5) is 0 Å². The fourth-order valence-electron chi connectivity index (χ4n) is 5.37. The number of hydrogen-bond acceptors (Lipinski definition) is 4. The lowest BCUT2D eigenvalue weighted by atomic mass is 9.97. The van der Waals surface area contributed by atoms with Gasteiger partial charge in [0.1, 0.15) is 0 Å². The quantitative estimate of drug-likeness (QED) is 0.810. The van der Waals surface area contributed by atoms with Crippen LogP contribution in [0.25, 0.3) is 10.8 Å². The third kappa shape index (κ3) is 4.83. The molecule has 1 atom stereocenters. The molecule has 4 heteroatoms. The lowest BCUT2D eigenvalue weighted by Gasteiger charge is -2.48. The molecule has 0 amide bonds. The number of aliphatic hydroxyl groups excluding tert-OH is 1. The predicted octanol–water partition coefficient (Wildman–Crippen LogP) is 3.58. The molecule has 2 aliphatic rings. The van der Waals surface area contributed by atoms with Crippen molar-refractivity contribution in [1.29, 1.82) is 0 Å². The summed E-state index contributed by atoms with van der Waals surface area (Å²) in [6.07, 6.45) is 3.42. The molecular weight excluding hydrogens is 358 g/mol. The highest BCUT2D eigenvalue weighted by molar-refractivity contribution is 5.85. The Bertz CT molecular complexity index is 779. The molecule has 158 valence electrons. The van der Waals surface area contributed by atoms with Gasteiger partial charge in [0.25, 0.3) is 0 Å². The molecule has 0 saturated carbocycles. The van der Waals surface area contributed by atoms with E-state index in [0.29, 0.717) is 18.1 Å². The molecule has 29 heavy (non-hydrogen) atoms. The fourth-order valence-corrected chi connectivity index (χ4v) is 5.37. The molecule has 2 heterocycles. The maximum Gasteiger partial charge on any atom is 0.0446 e. The van der Waals surface area contributed by atoms with Gasteiger partial charge in [0.15, 0.2) is 0 Å². The number of piperazine rings is 1. The van der Waals surface area contributed by atoms with Crippen molar-refractivity contribution in [1.82, 2.24) is 14.7 Å². The van der Waals surface area contributed by atoms with E-state index in [2.05, 4.69) is 71.0 Å². The van der Waals surface area contributed by atoms with Crippen molar-refractivity contribution < 1.29 is 5.11 Å². The van der Waals surface area contributed by atoms with Gasteiger partial charge in [0.2, 0.25) is 0 Å². The molecule has 2 saturated heterocycles. The van der Waals surface area contributed by atoms with Crippen LogP contribution in [-0.4, -0.2) is 77.3 Å². The zero-order valence-corrected chi connectivity index (χ0v) is 18.1. The van der Waals surface area contributed by atoms with Crippen molar-refractivity contribution in [3.05, 3.63) is 48.0 Å². The van der Waals surface area contributed by atoms with Crippen molar-refractivity contribution >= 4 is 10.8 Å². The summed E-state index contributed by atoms with van der Waals surface area (Å²) in [5.74, 6) is 0. The van der Waals surface area contributed by atoms with E-state index in [1.54, 1.807) is 0 Å². The Kier molecular flexibility index (Phi) is 6.86. The van der Waals surface area contributed by atoms with E-state index in [1.807, 2.05) is 0 Å². The lowest BCUT2D eigenvalue weighted by Crippen LogP contribution is -2.58. The van der Waals surface area contributed by atoms with Crippen molar-refractivity contribution in [3.8, 4) is 0 Å². The first-order chi connectivity index (χ1) is 14.2. The number of piperidine rings is 1. The first-order valence-corrected chi connectivity index (χ1v) is 11.5. The van der Waals surface area contributed by atoms with Gasteiger partial charge < -0.3 is 10.0 Å². The molecule has 0 bridgehead atoms. The summed E-state index contributed by atoms with van der Waals surface area (Å²) in [5.41, 5.74) is 1.42. The smallest absolute Gasteiger partial charge is 0.0446 e. The molecule has 2 fully saturated rings. The second kappa shape index (κ2) is 9.57. The van der Waals surface area contributed by atoms with Crippen LogP contribution in [0.5, 0.6) is 0 Å². The van der Waals surface area contributed by atoms with Crippen LogP contribution in [0.2, 0.25) is 0 Å². The molecule has 0 radical (unpaired) electrons. The number of benzene rings is 2. The summed E-state index contributed by atoms with van der Waals surface area (Å²) in [4.78, 5) is 7.93. The second-order valence-corrected chi connectivity index (χ2v) is 9.14. The maximum absolute atomic E-state index is 9.71. The highest BCUT2D eigenvalue weighted by Crippen LogP contribution is 2.26. The Morgan fingerprint density at radius 1 is 0.966 bits per heavy atom. The van der Waals surface area contributed by atoms with Gasteiger partial charge in [-0.3, -0.25) is 9.80 Å². The van der Waals surface area contributed by atoms with Crippen LogP contribution < -0.4 is 0 Å². The van der Waals surface area contributed by atoms with Crippen LogP contribution in [-0.2, 0) is 6.54 Å². The highest BCUT2D eigenvalue weighted by Gasteiger charge is 2.33. The van der Waals surface area contributed by atoms with Gasteiger partial charge in [0.05, 0.1) is 0 Å². The third-order valence-corrected chi connectivity index (χ3v) is 7.05. The number of hydrogen-bond donors (Lipinski definition) is 1. The van der Waals surface area contributed by atoms with Crippen molar-refractivity contribution in [2.45, 2.75) is 57.8 Å². The number of nitrogens with zero attached hydrogens (tertiary/aromatic N) is 3. The number of rotatable bonds is 6. The summed E-state index contributed by atoms with van der Waals surface area (Å²) >= 11 is 0. The Hall–Kier alpha value is -1.46. The normalized spacial score (nSPS) is 23.2. The van der Waals surface area contributed by atoms with Gasteiger partial charge >= 0.3 is 0 Å². The van der Waals surface area contributed by atoms with Crippen LogP contribution in [0.3, 0.4) is 0 Å². The molecule has 0 spiro atoms. The van der Waals surface area contributed by atoms with E-state index < -0.39 is 0 Å². The van der Waals surface area contributed by atoms with E-state index >= 15 is 0 Å². The van der Waals surface area contributed by atoms with Crippen molar-refractivity contribution in [2.24, 2.45) is 0 Å². The number of likely N-dealkylation sites (tertiary alicyclic amines) is 1. The van der Waals surface area contributed by atoms with Gasteiger partial charge in [-0.25, -0.2) is 0 Å². The Morgan fingerprint density at radius 2 is 1.72 bits per heavy atom. The fraction of sp³-hybridized carbons (Fsp3) is 0.600. The number of fused-ring (bicyclic) bond motifs is 1. The summed E-state index contributed by atoms with van der Waals surface area (Å²) in [6.45, 7) is 11.6. The monoisotopic (exact) mass is 395 g/mol. The van der Waals surface area contributed by atoms with E-state index in [9.17, 15) is 5.11 Å². The Morgan fingerprint density at radius 3 is 2.48 bits per heavy atom. The van der Waals surface area contributed by atoms with Gasteiger partial charge in [-0.2, -0.15) is 0 Å². The standard InChI is InChI=1S/C25H37N3O/c1-20(2)27-13-10-23(11-14-27)28-16-15-26(19-24(28)12-17-29)18-22-8-5-7-21-6-3-4-9-25(21)22/h3-9,20,23-24,29H,10-19H2,1-2H3/t24-/m1/s1. The molecule has 2 aliphatic heterocycles. The molecule has 2 aromatic carbocycles. The Labute approximate surface area is 176 Å². The van der Waals surface area contributed by atoms with Crippen LogP contribution in [0.15, 0.2) is 42.5 Å². The third-order valence-electron chi connectivity index (χ3n) is 7.05. The average Bonchev–Trinajstić information content (AvgIpc) is 2.75. The minimum absolute atomic E-state index is 0.286. The summed E-state index contributed by atoms with van der Waals surface area (Å²) in [7, 11) is 0. The molecule has 2 aromatic rings. The zero-order valence-electron chi connectivity index (χ0n) is 18.1. The van der Waals surface area contributed by atoms with Crippen LogP contribution in [0.1, 0.15) is 38.7 Å². The van der Waals surface area contributed by atoms with Crippen molar-refractivity contribution in [3.63, 3.8) is 0 Å². The minimum atomic E-state index is 0.286. The van der Waals surface area contributed by atoms with Gasteiger partial charge in [-0.1, -0.05) is 42.5 Å². The van der Waals surface area contributed by atoms with E-state index in [4.69, 9.17) is 0 Å². The van der Waals surface area contributed by atoms with Gasteiger partial charge in [-0.05, 0) is 62.5 Å². The molecule has 0 unspecified atom stereocenters. The van der Waals surface area contributed by atoms with E-state index in [-0.39, 0.29) is 6.61 Å². The van der Waals surface area contributed by atoms with Crippen molar-refractivity contribution in [2.75, 3.05) is 39.3 Å². The predicted molar refractivity (Wildman–Crippen MR) is 121 cm³/mol. The minimum Gasteiger partial charge on any atom is -0.396 e. The molecule has 0 aliphatic carbocycles. The van der Waals surface area contributed by atoms with Gasteiger partial charge in [0, 0.05) is 50.9 Å².